The molecule has 0 bridgehead atoms. The summed E-state index contributed by atoms with van der Waals surface area (Å²) in [5.41, 5.74) is 7.41. The molecule has 0 atom stereocenters. The first-order valence-electron chi connectivity index (χ1n) is 9.33. The third-order valence-corrected chi connectivity index (χ3v) is 5.14. The first-order chi connectivity index (χ1) is 14.0. The molecule has 146 valence electrons. The molecule has 4 rings (SSSR count). The van der Waals surface area contributed by atoms with Gasteiger partial charge in [0.05, 0.1) is 22.8 Å². The topological polar surface area (TPSA) is 72.2 Å². The number of carbonyl (C=O) groups excluding carboxylic acids is 1. The van der Waals surface area contributed by atoms with Gasteiger partial charge in [0, 0.05) is 23.1 Å². The Bertz CT molecular complexity index is 1280. The third kappa shape index (κ3) is 3.71. The van der Waals surface area contributed by atoms with Gasteiger partial charge in [-0.2, -0.15) is 5.10 Å². The normalized spacial score (nSPS) is 11.6. The quantitative estimate of drug-likeness (QED) is 0.305. The van der Waals surface area contributed by atoms with Crippen LogP contribution in [0, 0.1) is 13.8 Å². The maximum Gasteiger partial charge on any atom is 0.271 e. The average Bonchev–Trinajstić information content (AvgIpc) is 3.02. The van der Waals surface area contributed by atoms with E-state index in [1.165, 1.54) is 6.21 Å². The molecule has 2 heterocycles. The van der Waals surface area contributed by atoms with Crippen LogP contribution in [0.15, 0.2) is 47.6 Å². The molecule has 0 aliphatic carbocycles. The van der Waals surface area contributed by atoms with Crippen molar-refractivity contribution in [3.8, 4) is 0 Å². The van der Waals surface area contributed by atoms with Crippen LogP contribution in [-0.2, 0) is 6.54 Å². The Hall–Kier alpha value is -3.25. The average molecular weight is 406 g/mol. The zero-order valence-electron chi connectivity index (χ0n) is 16.4. The van der Waals surface area contributed by atoms with Gasteiger partial charge in [0.2, 0.25) is 0 Å². The van der Waals surface area contributed by atoms with Crippen molar-refractivity contribution in [2.45, 2.75) is 27.3 Å². The number of amides is 1. The highest BCUT2D eigenvalue weighted by Crippen LogP contribution is 2.21. The molecule has 1 amide bonds. The number of hydrazone groups is 1. The smallest absolute Gasteiger partial charge is 0.271 e. The predicted octanol–water partition coefficient (Wildman–Crippen LogP) is 4.64. The maximum absolute atomic E-state index is 12.5. The van der Waals surface area contributed by atoms with Gasteiger partial charge < -0.3 is 4.57 Å². The third-order valence-electron chi connectivity index (χ3n) is 4.84. The van der Waals surface area contributed by atoms with Crippen LogP contribution in [0.2, 0.25) is 5.15 Å². The Morgan fingerprint density at radius 1 is 1.14 bits per heavy atom. The molecular formula is C22H20ClN5O. The Balaban J connectivity index is 1.54. The van der Waals surface area contributed by atoms with Gasteiger partial charge in [0.1, 0.15) is 11.0 Å². The minimum atomic E-state index is -0.313. The summed E-state index contributed by atoms with van der Waals surface area (Å²) in [6, 6.07) is 13.3. The molecule has 2 aromatic carbocycles. The highest BCUT2D eigenvalue weighted by molar-refractivity contribution is 6.32. The van der Waals surface area contributed by atoms with Crippen molar-refractivity contribution in [1.82, 2.24) is 20.0 Å². The van der Waals surface area contributed by atoms with Crippen LogP contribution in [-0.4, -0.2) is 26.7 Å². The number of aromatic nitrogens is 3. The van der Waals surface area contributed by atoms with E-state index in [1.807, 2.05) is 44.2 Å². The number of benzene rings is 2. The number of carbonyl (C=O) groups is 1. The Morgan fingerprint density at radius 2 is 1.97 bits per heavy atom. The van der Waals surface area contributed by atoms with E-state index in [0.29, 0.717) is 16.3 Å². The lowest BCUT2D eigenvalue weighted by molar-refractivity contribution is 0.0955. The molecule has 6 nitrogen and oxygen atoms in total. The Kier molecular flexibility index (Phi) is 5.03. The Labute approximate surface area is 173 Å². The summed E-state index contributed by atoms with van der Waals surface area (Å²) < 4.78 is 2.10. The number of aryl methyl sites for hydroxylation is 3. The van der Waals surface area contributed by atoms with Gasteiger partial charge in [0.15, 0.2) is 0 Å². The lowest BCUT2D eigenvalue weighted by Crippen LogP contribution is -2.17. The van der Waals surface area contributed by atoms with Crippen LogP contribution in [0.25, 0.3) is 21.9 Å². The van der Waals surface area contributed by atoms with Gasteiger partial charge in [-0.1, -0.05) is 23.7 Å². The van der Waals surface area contributed by atoms with Crippen molar-refractivity contribution in [2.75, 3.05) is 0 Å². The van der Waals surface area contributed by atoms with Gasteiger partial charge in [-0.3, -0.25) is 4.79 Å². The monoisotopic (exact) mass is 405 g/mol. The zero-order valence-corrected chi connectivity index (χ0v) is 17.2. The van der Waals surface area contributed by atoms with E-state index in [-0.39, 0.29) is 5.91 Å². The summed E-state index contributed by atoms with van der Waals surface area (Å²) in [7, 11) is 0. The molecule has 7 heteroatoms. The maximum atomic E-state index is 12.5. The number of hydrogen-bond donors (Lipinski definition) is 1. The number of pyridine rings is 1. The minimum absolute atomic E-state index is 0.313. The fourth-order valence-electron chi connectivity index (χ4n) is 3.38. The van der Waals surface area contributed by atoms with Crippen molar-refractivity contribution in [3.05, 3.63) is 70.1 Å². The number of halogens is 1. The van der Waals surface area contributed by atoms with E-state index in [0.717, 1.165) is 39.9 Å². The number of rotatable bonds is 4. The van der Waals surface area contributed by atoms with Gasteiger partial charge in [-0.25, -0.2) is 15.4 Å². The number of nitrogens with zero attached hydrogens (tertiary/aromatic N) is 4. The van der Waals surface area contributed by atoms with E-state index in [4.69, 9.17) is 11.6 Å². The summed E-state index contributed by atoms with van der Waals surface area (Å²) in [5.74, 6) is 0.610. The van der Waals surface area contributed by atoms with Gasteiger partial charge in [-0.15, -0.1) is 0 Å². The number of fused-ring (bicyclic) bond motifs is 2. The zero-order chi connectivity index (χ0) is 20.5. The molecule has 2 aromatic heterocycles. The highest BCUT2D eigenvalue weighted by Gasteiger charge is 2.10. The van der Waals surface area contributed by atoms with Crippen molar-refractivity contribution < 1.29 is 4.79 Å². The fourth-order valence-corrected chi connectivity index (χ4v) is 3.57. The molecule has 0 spiro atoms. The van der Waals surface area contributed by atoms with E-state index in [1.54, 1.807) is 12.1 Å². The lowest BCUT2D eigenvalue weighted by atomic mass is 10.1. The Morgan fingerprint density at radius 3 is 2.76 bits per heavy atom. The first kappa shape index (κ1) is 19.1. The molecule has 0 saturated heterocycles. The van der Waals surface area contributed by atoms with E-state index in [9.17, 15) is 4.79 Å². The fraction of sp³-hybridized carbons (Fsp3) is 0.182. The second-order valence-electron chi connectivity index (χ2n) is 6.87. The molecular weight excluding hydrogens is 386 g/mol. The number of imidazole rings is 1. The standard InChI is InChI=1S/C22H20ClN5O/c1-4-28-14(3)25-19-11-16(7-8-20(19)28)22(29)27-24-12-17-10-15-6-5-13(2)9-18(15)26-21(17)23/h5-12H,4H2,1-3H3,(H,27,29)/b24-12-. The van der Waals surface area contributed by atoms with Crippen molar-refractivity contribution in [3.63, 3.8) is 0 Å². The second kappa shape index (κ2) is 7.64. The molecule has 0 aliphatic heterocycles. The second-order valence-corrected chi connectivity index (χ2v) is 7.23. The van der Waals surface area contributed by atoms with Crippen molar-refractivity contribution in [1.29, 1.82) is 0 Å². The molecule has 0 fully saturated rings. The van der Waals surface area contributed by atoms with Crippen LogP contribution in [0.5, 0.6) is 0 Å². The van der Waals surface area contributed by atoms with Crippen LogP contribution >= 0.6 is 11.6 Å². The summed E-state index contributed by atoms with van der Waals surface area (Å²) in [6.07, 6.45) is 1.50. The molecule has 4 aromatic rings. The summed E-state index contributed by atoms with van der Waals surface area (Å²) >= 11 is 6.26. The van der Waals surface area contributed by atoms with Crippen LogP contribution in [0.1, 0.15) is 34.2 Å². The summed E-state index contributed by atoms with van der Waals surface area (Å²) in [4.78, 5) is 21.4. The molecule has 0 radical (unpaired) electrons. The largest absolute Gasteiger partial charge is 0.329 e. The van der Waals surface area contributed by atoms with Crippen molar-refractivity contribution >= 4 is 45.7 Å². The molecule has 1 N–H and O–H groups in total. The number of hydrogen-bond acceptors (Lipinski definition) is 4. The summed E-state index contributed by atoms with van der Waals surface area (Å²) in [5, 5.41) is 5.34. The van der Waals surface area contributed by atoms with E-state index < -0.39 is 0 Å². The van der Waals surface area contributed by atoms with Crippen LogP contribution in [0.4, 0.5) is 0 Å². The van der Waals surface area contributed by atoms with E-state index in [2.05, 4.69) is 32.0 Å². The first-order valence-corrected chi connectivity index (χ1v) is 9.71. The number of nitrogens with one attached hydrogen (secondary N) is 1. The van der Waals surface area contributed by atoms with Gasteiger partial charge in [0.25, 0.3) is 5.91 Å². The molecule has 29 heavy (non-hydrogen) atoms. The van der Waals surface area contributed by atoms with Gasteiger partial charge in [-0.05, 0) is 56.7 Å². The van der Waals surface area contributed by atoms with Gasteiger partial charge >= 0.3 is 0 Å². The SMILES string of the molecule is CCn1c(C)nc2cc(C(=O)N/N=C\c3cc4ccc(C)cc4nc3Cl)ccc21. The minimum Gasteiger partial charge on any atom is -0.329 e. The van der Waals surface area contributed by atoms with Crippen molar-refractivity contribution in [2.24, 2.45) is 5.10 Å². The van der Waals surface area contributed by atoms with E-state index >= 15 is 0 Å². The van der Waals surface area contributed by atoms with Crippen LogP contribution < -0.4 is 5.43 Å². The van der Waals surface area contributed by atoms with Crippen LogP contribution in [0.3, 0.4) is 0 Å². The molecule has 0 unspecified atom stereocenters. The lowest BCUT2D eigenvalue weighted by Gasteiger charge is -2.04. The molecule has 0 aliphatic rings. The predicted molar refractivity (Wildman–Crippen MR) is 117 cm³/mol. The summed E-state index contributed by atoms with van der Waals surface area (Å²) in [6.45, 7) is 6.86. The molecule has 0 saturated carbocycles. The highest BCUT2D eigenvalue weighted by atomic mass is 35.5.